The molecule has 0 aliphatic heterocycles. The summed E-state index contributed by atoms with van der Waals surface area (Å²) in [7, 11) is 3.24. The Balaban J connectivity index is 1.45. The Hall–Kier alpha value is -2.93. The van der Waals surface area contributed by atoms with Crippen molar-refractivity contribution in [1.82, 2.24) is 9.97 Å². The molecule has 2 heterocycles. The fourth-order valence-corrected chi connectivity index (χ4v) is 4.11. The number of methoxy groups -OCH3 is 2. The third-order valence-electron chi connectivity index (χ3n) is 5.01. The second-order valence-corrected chi connectivity index (χ2v) is 7.86. The second-order valence-electron chi connectivity index (χ2n) is 6.75. The Morgan fingerprint density at radius 1 is 1.14 bits per heavy atom. The Bertz CT molecular complexity index is 981. The summed E-state index contributed by atoms with van der Waals surface area (Å²) in [5.41, 5.74) is 1.55. The van der Waals surface area contributed by atoms with Gasteiger partial charge >= 0.3 is 0 Å². The molecule has 0 saturated heterocycles. The highest BCUT2D eigenvalue weighted by Gasteiger charge is 2.51. The number of thiazole rings is 1. The first kappa shape index (κ1) is 18.4. The summed E-state index contributed by atoms with van der Waals surface area (Å²) in [6.45, 7) is 0. The third kappa shape index (κ3) is 3.57. The van der Waals surface area contributed by atoms with Gasteiger partial charge in [0.2, 0.25) is 11.8 Å². The average Bonchev–Trinajstić information content (AvgIpc) is 3.44. The Morgan fingerprint density at radius 2 is 1.93 bits per heavy atom. The number of carbonyl (C=O) groups excluding carboxylic acids is 1. The molecule has 1 aliphatic rings. The number of carbonyl (C=O) groups is 1. The van der Waals surface area contributed by atoms with Gasteiger partial charge in [0.05, 0.1) is 19.6 Å². The van der Waals surface area contributed by atoms with E-state index < -0.39 is 5.41 Å². The standard InChI is InChI=1S/C21H21N3O3S/c1-26-16-7-5-15(6-8-16)21(9-10-21)19(25)24-20-23-13-17(28-20)12-14-4-3-11-22-18(14)27-2/h3-8,11,13H,9-10,12H2,1-2H3,(H,23,24,25). The number of nitrogens with zero attached hydrogens (tertiary/aromatic N) is 2. The van der Waals surface area contributed by atoms with E-state index in [0.717, 1.165) is 34.6 Å². The number of benzene rings is 1. The van der Waals surface area contributed by atoms with Crippen LogP contribution in [0.3, 0.4) is 0 Å². The summed E-state index contributed by atoms with van der Waals surface area (Å²) in [5.74, 6) is 1.39. The molecule has 7 heteroatoms. The summed E-state index contributed by atoms with van der Waals surface area (Å²) in [5, 5.41) is 3.61. The molecule has 6 nitrogen and oxygen atoms in total. The summed E-state index contributed by atoms with van der Waals surface area (Å²) < 4.78 is 10.5. The molecule has 1 saturated carbocycles. The van der Waals surface area contributed by atoms with E-state index >= 15 is 0 Å². The first-order chi connectivity index (χ1) is 13.6. The van der Waals surface area contributed by atoms with E-state index in [4.69, 9.17) is 9.47 Å². The minimum absolute atomic E-state index is 0.00229. The molecule has 0 radical (unpaired) electrons. The SMILES string of the molecule is COc1ccc(C2(C(=O)Nc3ncc(Cc4cccnc4OC)s3)CC2)cc1. The van der Waals surface area contributed by atoms with Gasteiger partial charge in [0.25, 0.3) is 0 Å². The third-order valence-corrected chi connectivity index (χ3v) is 5.92. The molecule has 4 rings (SSSR count). The number of hydrogen-bond acceptors (Lipinski definition) is 6. The van der Waals surface area contributed by atoms with E-state index in [-0.39, 0.29) is 5.91 Å². The zero-order chi connectivity index (χ0) is 19.6. The average molecular weight is 395 g/mol. The Kier molecular flexibility index (Phi) is 5.00. The van der Waals surface area contributed by atoms with Gasteiger partial charge in [-0.2, -0.15) is 0 Å². The highest BCUT2D eigenvalue weighted by Crippen LogP contribution is 2.49. The molecule has 1 aliphatic carbocycles. The zero-order valence-corrected chi connectivity index (χ0v) is 16.6. The summed E-state index contributed by atoms with van der Waals surface area (Å²) in [4.78, 5) is 22.5. The fraction of sp³-hybridized carbons (Fsp3) is 0.286. The van der Waals surface area contributed by atoms with Crippen LogP contribution in [0.5, 0.6) is 11.6 Å². The van der Waals surface area contributed by atoms with Crippen molar-refractivity contribution in [3.05, 3.63) is 64.8 Å². The van der Waals surface area contributed by atoms with Gasteiger partial charge in [-0.1, -0.05) is 18.2 Å². The van der Waals surface area contributed by atoms with Crippen molar-refractivity contribution in [3.8, 4) is 11.6 Å². The van der Waals surface area contributed by atoms with E-state index in [1.54, 1.807) is 26.6 Å². The van der Waals surface area contributed by atoms with Crippen molar-refractivity contribution >= 4 is 22.4 Å². The van der Waals surface area contributed by atoms with Crippen molar-refractivity contribution in [2.45, 2.75) is 24.7 Å². The van der Waals surface area contributed by atoms with Crippen LogP contribution < -0.4 is 14.8 Å². The van der Waals surface area contributed by atoms with Gasteiger partial charge < -0.3 is 14.8 Å². The van der Waals surface area contributed by atoms with Crippen molar-refractivity contribution < 1.29 is 14.3 Å². The molecule has 1 amide bonds. The maximum absolute atomic E-state index is 12.9. The van der Waals surface area contributed by atoms with Gasteiger partial charge in [-0.3, -0.25) is 4.79 Å². The number of amides is 1. The van der Waals surface area contributed by atoms with Gasteiger partial charge in [-0.15, -0.1) is 11.3 Å². The van der Waals surface area contributed by atoms with E-state index in [9.17, 15) is 4.79 Å². The monoisotopic (exact) mass is 395 g/mol. The summed E-state index contributed by atoms with van der Waals surface area (Å²) >= 11 is 1.47. The summed E-state index contributed by atoms with van der Waals surface area (Å²) in [6.07, 6.45) is 5.84. The van der Waals surface area contributed by atoms with E-state index in [2.05, 4.69) is 15.3 Å². The molecule has 3 aromatic rings. The van der Waals surface area contributed by atoms with E-state index in [1.807, 2.05) is 36.4 Å². The largest absolute Gasteiger partial charge is 0.497 e. The molecule has 2 aromatic heterocycles. The predicted octanol–water partition coefficient (Wildman–Crippen LogP) is 3.82. The number of ether oxygens (including phenoxy) is 2. The molecule has 144 valence electrons. The van der Waals surface area contributed by atoms with E-state index in [0.29, 0.717) is 17.4 Å². The maximum Gasteiger partial charge on any atom is 0.236 e. The van der Waals surface area contributed by atoms with Crippen LogP contribution in [0.2, 0.25) is 0 Å². The molecule has 0 bridgehead atoms. The Labute approximate surface area is 167 Å². The molecule has 1 N–H and O–H groups in total. The highest BCUT2D eigenvalue weighted by molar-refractivity contribution is 7.15. The van der Waals surface area contributed by atoms with Gasteiger partial charge in [0, 0.05) is 29.3 Å². The smallest absolute Gasteiger partial charge is 0.236 e. The first-order valence-corrected chi connectivity index (χ1v) is 9.85. The maximum atomic E-state index is 12.9. The lowest BCUT2D eigenvalue weighted by molar-refractivity contribution is -0.118. The lowest BCUT2D eigenvalue weighted by atomic mass is 9.95. The predicted molar refractivity (Wildman–Crippen MR) is 108 cm³/mol. The molecule has 0 atom stereocenters. The number of anilines is 1. The molecule has 0 unspecified atom stereocenters. The molecular formula is C21H21N3O3S. The van der Waals surface area contributed by atoms with Gasteiger partial charge in [-0.05, 0) is 36.6 Å². The number of hydrogen-bond donors (Lipinski definition) is 1. The molecule has 1 fully saturated rings. The highest BCUT2D eigenvalue weighted by atomic mass is 32.1. The topological polar surface area (TPSA) is 73.3 Å². The van der Waals surface area contributed by atoms with E-state index in [1.165, 1.54) is 11.3 Å². The second kappa shape index (κ2) is 7.59. The van der Waals surface area contributed by atoms with Crippen LogP contribution in [-0.4, -0.2) is 30.1 Å². The van der Waals surface area contributed by atoms with Crippen molar-refractivity contribution in [1.29, 1.82) is 0 Å². The molecule has 1 aromatic carbocycles. The van der Waals surface area contributed by atoms with Crippen LogP contribution in [0.25, 0.3) is 0 Å². The van der Waals surface area contributed by atoms with Crippen molar-refractivity contribution in [3.63, 3.8) is 0 Å². The molecule has 28 heavy (non-hydrogen) atoms. The minimum atomic E-state index is -0.454. The summed E-state index contributed by atoms with van der Waals surface area (Å²) in [6, 6.07) is 11.6. The van der Waals surface area contributed by atoms with Gasteiger partial charge in [-0.25, -0.2) is 9.97 Å². The lowest BCUT2D eigenvalue weighted by Crippen LogP contribution is -2.27. The van der Waals surface area contributed by atoms with Gasteiger partial charge in [0.15, 0.2) is 5.13 Å². The zero-order valence-electron chi connectivity index (χ0n) is 15.8. The quantitative estimate of drug-likeness (QED) is 0.658. The van der Waals surface area contributed by atoms with Crippen LogP contribution in [0.15, 0.2) is 48.8 Å². The van der Waals surface area contributed by atoms with Gasteiger partial charge in [0.1, 0.15) is 5.75 Å². The Morgan fingerprint density at radius 3 is 2.61 bits per heavy atom. The van der Waals surface area contributed by atoms with Crippen LogP contribution >= 0.6 is 11.3 Å². The lowest BCUT2D eigenvalue weighted by Gasteiger charge is -2.15. The normalized spacial score (nSPS) is 14.4. The first-order valence-electron chi connectivity index (χ1n) is 9.03. The van der Waals surface area contributed by atoms with Crippen LogP contribution in [0.1, 0.15) is 28.8 Å². The fourth-order valence-electron chi connectivity index (χ4n) is 3.28. The minimum Gasteiger partial charge on any atom is -0.497 e. The van der Waals surface area contributed by atoms with Crippen molar-refractivity contribution in [2.24, 2.45) is 0 Å². The van der Waals surface area contributed by atoms with Crippen LogP contribution in [0, 0.1) is 0 Å². The molecule has 0 spiro atoms. The van der Waals surface area contributed by atoms with Crippen molar-refractivity contribution in [2.75, 3.05) is 19.5 Å². The van der Waals surface area contributed by atoms with Crippen LogP contribution in [-0.2, 0) is 16.6 Å². The number of aromatic nitrogens is 2. The molecular weight excluding hydrogens is 374 g/mol. The number of pyridine rings is 1. The number of nitrogens with one attached hydrogen (secondary N) is 1. The van der Waals surface area contributed by atoms with Crippen LogP contribution in [0.4, 0.5) is 5.13 Å². The number of rotatable bonds is 7.